The van der Waals surface area contributed by atoms with Crippen LogP contribution in [-0.2, 0) is 17.9 Å². The van der Waals surface area contributed by atoms with Crippen molar-refractivity contribution in [3.05, 3.63) is 122 Å². The summed E-state index contributed by atoms with van der Waals surface area (Å²) in [7, 11) is 1.33. The van der Waals surface area contributed by atoms with E-state index < -0.39 is 28.9 Å². The predicted molar refractivity (Wildman–Crippen MR) is 152 cm³/mol. The zero-order valence-corrected chi connectivity index (χ0v) is 23.2. The summed E-state index contributed by atoms with van der Waals surface area (Å²) < 4.78 is 38.0. The molecule has 41 heavy (non-hydrogen) atoms. The van der Waals surface area contributed by atoms with Crippen molar-refractivity contribution in [2.45, 2.75) is 45.8 Å². The average molecular weight is 560 g/mol. The Balaban J connectivity index is 1.76. The van der Waals surface area contributed by atoms with E-state index in [1.54, 1.807) is 36.9 Å². The van der Waals surface area contributed by atoms with Crippen LogP contribution in [0.5, 0.6) is 5.75 Å². The number of carbonyl (C=O) groups excluding carboxylic acids is 1. The molecule has 1 aromatic heterocycles. The van der Waals surface area contributed by atoms with E-state index in [9.17, 15) is 18.8 Å². The fourth-order valence-electron chi connectivity index (χ4n) is 5.57. The van der Waals surface area contributed by atoms with Crippen LogP contribution in [0.25, 0.3) is 11.1 Å². The fourth-order valence-corrected chi connectivity index (χ4v) is 5.57. The quantitative estimate of drug-likeness (QED) is 0.305. The van der Waals surface area contributed by atoms with E-state index in [4.69, 9.17) is 4.74 Å². The zero-order valence-electron chi connectivity index (χ0n) is 23.2. The Morgan fingerprint density at radius 2 is 1.63 bits per heavy atom. The molecule has 0 radical (unpaired) electrons. The SMILES string of the molecule is COc1cccc(-c2c(C)n(Cc3c(C)cccc3F)c(=O)n(C[C@@H](c3ccccc3)N3CCCC3=O)c2=O)c1F. The Kier molecular flexibility index (Phi) is 7.88. The van der Waals surface area contributed by atoms with Crippen molar-refractivity contribution in [2.24, 2.45) is 0 Å². The van der Waals surface area contributed by atoms with Crippen LogP contribution < -0.4 is 16.0 Å². The van der Waals surface area contributed by atoms with Crippen LogP contribution in [0.4, 0.5) is 8.78 Å². The van der Waals surface area contributed by atoms with Crippen molar-refractivity contribution in [3.63, 3.8) is 0 Å². The van der Waals surface area contributed by atoms with Crippen molar-refractivity contribution in [3.8, 4) is 16.9 Å². The van der Waals surface area contributed by atoms with Crippen LogP contribution in [0, 0.1) is 25.5 Å². The molecular weight excluding hydrogens is 528 g/mol. The second-order valence-corrected chi connectivity index (χ2v) is 10.2. The van der Waals surface area contributed by atoms with E-state index >= 15 is 4.39 Å². The van der Waals surface area contributed by atoms with Crippen molar-refractivity contribution in [2.75, 3.05) is 13.7 Å². The summed E-state index contributed by atoms with van der Waals surface area (Å²) in [5, 5.41) is 0. The van der Waals surface area contributed by atoms with Gasteiger partial charge in [0.1, 0.15) is 5.82 Å². The lowest BCUT2D eigenvalue weighted by Gasteiger charge is -2.29. The lowest BCUT2D eigenvalue weighted by molar-refractivity contribution is -0.130. The first-order chi connectivity index (χ1) is 19.7. The molecule has 3 aromatic carbocycles. The summed E-state index contributed by atoms with van der Waals surface area (Å²) in [6.45, 7) is 3.46. The summed E-state index contributed by atoms with van der Waals surface area (Å²) in [5.41, 5.74) is 0.438. The first-order valence-corrected chi connectivity index (χ1v) is 13.5. The summed E-state index contributed by atoms with van der Waals surface area (Å²) >= 11 is 0. The molecule has 9 heteroatoms. The highest BCUT2D eigenvalue weighted by Crippen LogP contribution is 2.30. The Hall–Kier alpha value is -4.53. The Morgan fingerprint density at radius 1 is 0.902 bits per heavy atom. The van der Waals surface area contributed by atoms with Gasteiger partial charge < -0.3 is 9.64 Å². The maximum Gasteiger partial charge on any atom is 0.331 e. The van der Waals surface area contributed by atoms with E-state index in [0.29, 0.717) is 24.9 Å². The van der Waals surface area contributed by atoms with Gasteiger partial charge in [0.05, 0.1) is 31.8 Å². The number of carbonyl (C=O) groups is 1. The van der Waals surface area contributed by atoms with Crippen molar-refractivity contribution in [1.29, 1.82) is 0 Å². The van der Waals surface area contributed by atoms with Gasteiger partial charge in [-0.05, 0) is 43.5 Å². The van der Waals surface area contributed by atoms with Gasteiger partial charge in [-0.3, -0.25) is 18.7 Å². The maximum atomic E-state index is 15.6. The molecule has 0 bridgehead atoms. The molecule has 7 nitrogen and oxygen atoms in total. The first-order valence-electron chi connectivity index (χ1n) is 13.5. The molecule has 1 fully saturated rings. The number of hydrogen-bond acceptors (Lipinski definition) is 4. The number of amides is 1. The summed E-state index contributed by atoms with van der Waals surface area (Å²) in [6, 6.07) is 17.7. The molecule has 0 unspecified atom stereocenters. The fraction of sp³-hybridized carbons (Fsp3) is 0.281. The summed E-state index contributed by atoms with van der Waals surface area (Å²) in [6.07, 6.45) is 1.05. The highest BCUT2D eigenvalue weighted by Gasteiger charge is 2.31. The molecule has 1 saturated heterocycles. The van der Waals surface area contributed by atoms with Crippen LogP contribution in [0.1, 0.15) is 41.3 Å². The van der Waals surface area contributed by atoms with Gasteiger partial charge in [-0.2, -0.15) is 0 Å². The molecule has 0 saturated carbocycles. The normalized spacial score (nSPS) is 14.0. The zero-order chi connectivity index (χ0) is 29.3. The maximum absolute atomic E-state index is 15.6. The smallest absolute Gasteiger partial charge is 0.331 e. The third kappa shape index (κ3) is 5.19. The van der Waals surface area contributed by atoms with E-state index in [2.05, 4.69) is 0 Å². The Bertz CT molecular complexity index is 1710. The molecule has 0 aliphatic carbocycles. The van der Waals surface area contributed by atoms with Gasteiger partial charge >= 0.3 is 5.69 Å². The first kappa shape index (κ1) is 28.0. The predicted octanol–water partition coefficient (Wildman–Crippen LogP) is 4.99. The number of nitrogens with zero attached hydrogens (tertiary/aromatic N) is 3. The van der Waals surface area contributed by atoms with Crippen LogP contribution >= 0.6 is 0 Å². The number of hydrogen-bond donors (Lipinski definition) is 0. The van der Waals surface area contributed by atoms with Crippen molar-refractivity contribution in [1.82, 2.24) is 14.0 Å². The number of rotatable bonds is 8. The molecule has 5 rings (SSSR count). The molecule has 0 N–H and O–H groups in total. The van der Waals surface area contributed by atoms with Crippen LogP contribution in [0.3, 0.4) is 0 Å². The Labute approximate surface area is 236 Å². The van der Waals surface area contributed by atoms with E-state index in [-0.39, 0.29) is 47.1 Å². The monoisotopic (exact) mass is 559 g/mol. The van der Waals surface area contributed by atoms with Gasteiger partial charge in [-0.25, -0.2) is 13.6 Å². The number of likely N-dealkylation sites (tertiary alicyclic amines) is 1. The van der Waals surface area contributed by atoms with E-state index in [0.717, 1.165) is 10.1 Å². The molecular formula is C32H31F2N3O4. The molecule has 1 atom stereocenters. The van der Waals surface area contributed by atoms with Gasteiger partial charge in [0.2, 0.25) is 5.91 Å². The number of halogens is 2. The standard InChI is InChI=1S/C32H31F2N3O4/c1-20-10-7-14-25(33)24(20)18-36-21(2)29(23-13-8-15-27(41-3)30(23)34)31(39)37(32(36)40)19-26(22-11-5-4-6-12-22)35-17-9-16-28(35)38/h4-8,10-15,26H,9,16-19H2,1-3H3/t26-/m0/s1. The lowest BCUT2D eigenvalue weighted by atomic mass is 10.0. The number of ether oxygens (including phenoxy) is 1. The molecule has 1 aliphatic heterocycles. The second kappa shape index (κ2) is 11.5. The minimum Gasteiger partial charge on any atom is -0.494 e. The minimum absolute atomic E-state index is 0.0328. The largest absolute Gasteiger partial charge is 0.494 e. The van der Waals surface area contributed by atoms with Crippen molar-refractivity contribution >= 4 is 5.91 Å². The minimum atomic E-state index is -0.747. The van der Waals surface area contributed by atoms with Crippen molar-refractivity contribution < 1.29 is 18.3 Å². The number of methoxy groups -OCH3 is 1. The van der Waals surface area contributed by atoms with Crippen LogP contribution in [-0.4, -0.2) is 33.6 Å². The van der Waals surface area contributed by atoms with Crippen LogP contribution in [0.2, 0.25) is 0 Å². The molecule has 212 valence electrons. The average Bonchev–Trinajstić information content (AvgIpc) is 3.39. The molecule has 0 spiro atoms. The van der Waals surface area contributed by atoms with Gasteiger partial charge in [0.15, 0.2) is 11.6 Å². The van der Waals surface area contributed by atoms with E-state index in [1.807, 2.05) is 30.3 Å². The van der Waals surface area contributed by atoms with Gasteiger partial charge in [-0.1, -0.05) is 54.6 Å². The van der Waals surface area contributed by atoms with Crippen LogP contribution in [0.15, 0.2) is 76.3 Å². The van der Waals surface area contributed by atoms with Gasteiger partial charge in [0.25, 0.3) is 5.56 Å². The lowest BCUT2D eigenvalue weighted by Crippen LogP contribution is -2.45. The molecule has 1 amide bonds. The highest BCUT2D eigenvalue weighted by molar-refractivity contribution is 5.78. The molecule has 4 aromatic rings. The summed E-state index contributed by atoms with van der Waals surface area (Å²) in [4.78, 5) is 42.7. The number of aryl methyl sites for hydroxylation is 1. The second-order valence-electron chi connectivity index (χ2n) is 10.2. The van der Waals surface area contributed by atoms with E-state index in [1.165, 1.54) is 29.9 Å². The number of aromatic nitrogens is 2. The van der Waals surface area contributed by atoms with Gasteiger partial charge in [-0.15, -0.1) is 0 Å². The Morgan fingerprint density at radius 3 is 2.29 bits per heavy atom. The summed E-state index contributed by atoms with van der Waals surface area (Å²) in [5.74, 6) is -1.36. The number of benzene rings is 3. The topological polar surface area (TPSA) is 73.5 Å². The van der Waals surface area contributed by atoms with Gasteiger partial charge in [0, 0.05) is 29.8 Å². The molecule has 1 aliphatic rings. The highest BCUT2D eigenvalue weighted by atomic mass is 19.1. The third-order valence-electron chi connectivity index (χ3n) is 7.84. The molecule has 2 heterocycles. The third-order valence-corrected chi connectivity index (χ3v) is 7.84.